The van der Waals surface area contributed by atoms with Crippen molar-refractivity contribution in [1.82, 2.24) is 4.90 Å². The van der Waals surface area contributed by atoms with Gasteiger partial charge in [0, 0.05) is 24.3 Å². The highest BCUT2D eigenvalue weighted by molar-refractivity contribution is 9.09. The normalized spacial score (nSPS) is 29.9. The molecule has 0 aromatic heterocycles. The number of amides is 1. The van der Waals surface area contributed by atoms with Crippen LogP contribution in [0.3, 0.4) is 0 Å². The fraction of sp³-hybridized carbons (Fsp3) is 0.909. The number of carbonyl (C=O) groups is 1. The zero-order valence-electron chi connectivity index (χ0n) is 8.54. The number of likely N-dealkylation sites (tertiary alicyclic amines) is 1. The molecule has 0 aromatic rings. The van der Waals surface area contributed by atoms with E-state index in [1.165, 1.54) is 32.1 Å². The molecule has 0 radical (unpaired) electrons. The Morgan fingerprint density at radius 3 is 2.57 bits per heavy atom. The van der Waals surface area contributed by atoms with E-state index in [0.717, 1.165) is 19.0 Å². The standard InChI is InChI=1S/C11H18BrNO/c12-10-6-11(14)13(8-10)7-9-4-2-1-3-5-9/h9-10H,1-8H2. The molecule has 1 heterocycles. The largest absolute Gasteiger partial charge is 0.341 e. The van der Waals surface area contributed by atoms with Gasteiger partial charge in [-0.3, -0.25) is 4.79 Å². The number of rotatable bonds is 2. The Bertz CT molecular complexity index is 213. The van der Waals surface area contributed by atoms with E-state index in [2.05, 4.69) is 20.8 Å². The molecule has 2 rings (SSSR count). The van der Waals surface area contributed by atoms with E-state index in [9.17, 15) is 4.79 Å². The van der Waals surface area contributed by atoms with Crippen LogP contribution in [0.4, 0.5) is 0 Å². The Morgan fingerprint density at radius 2 is 2.00 bits per heavy atom. The molecule has 2 aliphatic rings. The number of nitrogens with zero attached hydrogens (tertiary/aromatic N) is 1. The Kier molecular flexibility index (Phi) is 3.47. The van der Waals surface area contributed by atoms with Gasteiger partial charge in [-0.15, -0.1) is 0 Å². The monoisotopic (exact) mass is 259 g/mol. The third kappa shape index (κ3) is 2.50. The average molecular weight is 260 g/mol. The number of alkyl halides is 1. The Hall–Kier alpha value is -0.0500. The molecule has 1 saturated heterocycles. The van der Waals surface area contributed by atoms with Gasteiger partial charge in [-0.05, 0) is 18.8 Å². The van der Waals surface area contributed by atoms with Crippen molar-refractivity contribution < 1.29 is 4.79 Å². The van der Waals surface area contributed by atoms with Crippen LogP contribution < -0.4 is 0 Å². The summed E-state index contributed by atoms with van der Waals surface area (Å²) in [5.41, 5.74) is 0. The lowest BCUT2D eigenvalue weighted by Crippen LogP contribution is -2.31. The highest BCUT2D eigenvalue weighted by Gasteiger charge is 2.29. The van der Waals surface area contributed by atoms with E-state index in [1.54, 1.807) is 0 Å². The van der Waals surface area contributed by atoms with Gasteiger partial charge < -0.3 is 4.90 Å². The first-order valence-corrected chi connectivity index (χ1v) is 6.59. The molecule has 2 fully saturated rings. The van der Waals surface area contributed by atoms with E-state index in [-0.39, 0.29) is 0 Å². The van der Waals surface area contributed by atoms with Crippen LogP contribution in [0.25, 0.3) is 0 Å². The van der Waals surface area contributed by atoms with Crippen molar-refractivity contribution in [3.8, 4) is 0 Å². The van der Waals surface area contributed by atoms with Crippen molar-refractivity contribution in [2.75, 3.05) is 13.1 Å². The van der Waals surface area contributed by atoms with Crippen LogP contribution in [0, 0.1) is 5.92 Å². The van der Waals surface area contributed by atoms with Crippen LogP contribution in [-0.2, 0) is 4.79 Å². The van der Waals surface area contributed by atoms with Crippen molar-refractivity contribution in [2.45, 2.75) is 43.4 Å². The maximum atomic E-state index is 11.6. The van der Waals surface area contributed by atoms with Crippen LogP contribution in [0.15, 0.2) is 0 Å². The zero-order valence-corrected chi connectivity index (χ0v) is 10.1. The van der Waals surface area contributed by atoms with E-state index in [4.69, 9.17) is 0 Å². The first kappa shape index (κ1) is 10.5. The van der Waals surface area contributed by atoms with Crippen molar-refractivity contribution in [1.29, 1.82) is 0 Å². The summed E-state index contributed by atoms with van der Waals surface area (Å²) in [6.45, 7) is 1.94. The van der Waals surface area contributed by atoms with Gasteiger partial charge in [0.15, 0.2) is 0 Å². The van der Waals surface area contributed by atoms with E-state index in [0.29, 0.717) is 17.2 Å². The molecule has 14 heavy (non-hydrogen) atoms. The van der Waals surface area contributed by atoms with Crippen molar-refractivity contribution in [3.05, 3.63) is 0 Å². The smallest absolute Gasteiger partial charge is 0.223 e. The van der Waals surface area contributed by atoms with Gasteiger partial charge in [-0.2, -0.15) is 0 Å². The molecule has 0 bridgehead atoms. The molecule has 1 amide bonds. The fourth-order valence-electron chi connectivity index (χ4n) is 2.58. The number of hydrogen-bond acceptors (Lipinski definition) is 1. The summed E-state index contributed by atoms with van der Waals surface area (Å²) in [7, 11) is 0. The van der Waals surface area contributed by atoms with Crippen LogP contribution >= 0.6 is 15.9 Å². The SMILES string of the molecule is O=C1CC(Br)CN1CC1CCCCC1. The lowest BCUT2D eigenvalue weighted by Gasteiger charge is -2.26. The molecule has 80 valence electrons. The van der Waals surface area contributed by atoms with Gasteiger partial charge in [0.25, 0.3) is 0 Å². The van der Waals surface area contributed by atoms with Gasteiger partial charge in [0.2, 0.25) is 5.91 Å². The first-order valence-electron chi connectivity index (χ1n) is 5.67. The predicted octanol–water partition coefficient (Wildman–Crippen LogP) is 2.56. The van der Waals surface area contributed by atoms with Gasteiger partial charge >= 0.3 is 0 Å². The average Bonchev–Trinajstić information content (AvgIpc) is 2.47. The predicted molar refractivity (Wildman–Crippen MR) is 60.5 cm³/mol. The van der Waals surface area contributed by atoms with Crippen molar-refractivity contribution in [2.24, 2.45) is 5.92 Å². The van der Waals surface area contributed by atoms with Crippen LogP contribution in [-0.4, -0.2) is 28.7 Å². The number of carbonyl (C=O) groups excluding carboxylic acids is 1. The Balaban J connectivity index is 1.81. The van der Waals surface area contributed by atoms with Crippen LogP contribution in [0.1, 0.15) is 38.5 Å². The molecule has 3 heteroatoms. The van der Waals surface area contributed by atoms with Crippen molar-refractivity contribution >= 4 is 21.8 Å². The summed E-state index contributed by atoms with van der Waals surface area (Å²) in [6, 6.07) is 0. The molecule has 1 unspecified atom stereocenters. The van der Waals surface area contributed by atoms with E-state index < -0.39 is 0 Å². The molecule has 1 aliphatic carbocycles. The summed E-state index contributed by atoms with van der Waals surface area (Å²) in [6.07, 6.45) is 7.49. The van der Waals surface area contributed by atoms with Gasteiger partial charge in [0.05, 0.1) is 0 Å². The third-order valence-corrected chi connectivity index (χ3v) is 3.98. The molecule has 0 spiro atoms. The highest BCUT2D eigenvalue weighted by atomic mass is 79.9. The molecule has 1 atom stereocenters. The zero-order chi connectivity index (χ0) is 9.97. The molecule has 0 N–H and O–H groups in total. The summed E-state index contributed by atoms with van der Waals surface area (Å²) in [4.78, 5) is 14.0. The third-order valence-electron chi connectivity index (χ3n) is 3.37. The summed E-state index contributed by atoms with van der Waals surface area (Å²) >= 11 is 3.52. The van der Waals surface area contributed by atoms with Crippen molar-refractivity contribution in [3.63, 3.8) is 0 Å². The molecule has 2 nitrogen and oxygen atoms in total. The fourth-order valence-corrected chi connectivity index (χ4v) is 3.21. The molecule has 1 aliphatic heterocycles. The minimum absolute atomic E-state index is 0.345. The minimum atomic E-state index is 0.345. The highest BCUT2D eigenvalue weighted by Crippen LogP contribution is 2.27. The van der Waals surface area contributed by atoms with E-state index >= 15 is 0 Å². The maximum Gasteiger partial charge on any atom is 0.223 e. The molecular weight excluding hydrogens is 242 g/mol. The van der Waals surface area contributed by atoms with Crippen LogP contribution in [0.2, 0.25) is 0 Å². The second kappa shape index (κ2) is 4.65. The second-order valence-corrected chi connectivity index (χ2v) is 5.90. The number of hydrogen-bond donors (Lipinski definition) is 0. The lowest BCUT2D eigenvalue weighted by molar-refractivity contribution is -0.128. The Labute approximate surface area is 94.2 Å². The molecular formula is C11H18BrNO. The van der Waals surface area contributed by atoms with Gasteiger partial charge in [-0.25, -0.2) is 0 Å². The molecule has 1 saturated carbocycles. The van der Waals surface area contributed by atoms with E-state index in [1.807, 2.05) is 0 Å². The maximum absolute atomic E-state index is 11.6. The topological polar surface area (TPSA) is 20.3 Å². The minimum Gasteiger partial charge on any atom is -0.341 e. The first-order chi connectivity index (χ1) is 6.75. The summed E-state index contributed by atoms with van der Waals surface area (Å²) < 4.78 is 0. The van der Waals surface area contributed by atoms with Crippen LogP contribution in [0.5, 0.6) is 0 Å². The second-order valence-electron chi connectivity index (χ2n) is 4.60. The van der Waals surface area contributed by atoms with Gasteiger partial charge in [0.1, 0.15) is 0 Å². The number of halogens is 1. The summed E-state index contributed by atoms with van der Waals surface area (Å²) in [5, 5.41) is 0. The Morgan fingerprint density at radius 1 is 1.29 bits per heavy atom. The molecule has 0 aromatic carbocycles. The quantitative estimate of drug-likeness (QED) is 0.699. The van der Waals surface area contributed by atoms with Gasteiger partial charge in [-0.1, -0.05) is 35.2 Å². The summed E-state index contributed by atoms with van der Waals surface area (Å²) in [5.74, 6) is 1.13. The lowest BCUT2D eigenvalue weighted by atomic mass is 9.89.